The molecule has 0 spiro atoms. The highest BCUT2D eigenvalue weighted by molar-refractivity contribution is 5.78. The van der Waals surface area contributed by atoms with Gasteiger partial charge in [-0.1, -0.05) is 0 Å². The average Bonchev–Trinajstić information content (AvgIpc) is 1.89. The summed E-state index contributed by atoms with van der Waals surface area (Å²) in [6.45, 7) is 0.488. The molecule has 1 atom stereocenters. The molecule has 0 aromatic heterocycles. The maximum absolute atomic E-state index is 10.5. The zero-order valence-corrected chi connectivity index (χ0v) is 6.29. The fourth-order valence-electron chi connectivity index (χ4n) is 0.601. The van der Waals surface area contributed by atoms with E-state index in [1.165, 1.54) is 7.11 Å². The summed E-state index contributed by atoms with van der Waals surface area (Å²) in [7, 11) is 3.01. The molecule has 0 bridgehead atoms. The van der Waals surface area contributed by atoms with Gasteiger partial charge in [0.05, 0.1) is 0 Å². The summed E-state index contributed by atoms with van der Waals surface area (Å²) < 4.78 is 9.50. The van der Waals surface area contributed by atoms with Crippen molar-refractivity contribution in [1.29, 1.82) is 0 Å². The maximum Gasteiger partial charge on any atom is 0.246 e. The Hall–Kier alpha value is -0.610. The van der Waals surface area contributed by atoms with Crippen LogP contribution in [-0.4, -0.2) is 32.8 Å². The predicted octanol–water partition coefficient (Wildman–Crippen LogP) is -0.477. The summed E-state index contributed by atoms with van der Waals surface area (Å²) >= 11 is 0. The highest BCUT2D eigenvalue weighted by atomic mass is 16.5. The first-order chi connectivity index (χ1) is 4.72. The highest BCUT2D eigenvalue weighted by Gasteiger charge is 2.12. The van der Waals surface area contributed by atoms with Gasteiger partial charge in [-0.3, -0.25) is 4.79 Å². The number of hydrogen-bond acceptors (Lipinski definition) is 3. The Morgan fingerprint density at radius 1 is 1.60 bits per heavy atom. The van der Waals surface area contributed by atoms with E-state index in [0.29, 0.717) is 13.0 Å². The average molecular weight is 147 g/mol. The number of methoxy groups -OCH3 is 2. The molecular weight excluding hydrogens is 134 g/mol. The SMILES string of the molecule is COCC[C@H](OC)C(N)=O. The van der Waals surface area contributed by atoms with Crippen LogP contribution in [0.15, 0.2) is 0 Å². The van der Waals surface area contributed by atoms with Crippen LogP contribution in [0.4, 0.5) is 0 Å². The third-order valence-electron chi connectivity index (χ3n) is 1.19. The molecule has 0 heterocycles. The molecule has 0 unspecified atom stereocenters. The smallest absolute Gasteiger partial charge is 0.246 e. The van der Waals surface area contributed by atoms with Gasteiger partial charge in [0.1, 0.15) is 6.10 Å². The summed E-state index contributed by atoms with van der Waals surface area (Å²) in [5.74, 6) is -0.445. The van der Waals surface area contributed by atoms with Crippen LogP contribution in [0.1, 0.15) is 6.42 Å². The zero-order chi connectivity index (χ0) is 7.98. The number of carbonyl (C=O) groups excluding carboxylic acids is 1. The van der Waals surface area contributed by atoms with Crippen LogP contribution in [0.3, 0.4) is 0 Å². The van der Waals surface area contributed by atoms with Crippen LogP contribution in [0.2, 0.25) is 0 Å². The molecule has 0 aliphatic heterocycles. The number of nitrogens with two attached hydrogens (primary N) is 1. The van der Waals surface area contributed by atoms with Crippen LogP contribution in [0.5, 0.6) is 0 Å². The van der Waals surface area contributed by atoms with Gasteiger partial charge in [-0.2, -0.15) is 0 Å². The van der Waals surface area contributed by atoms with Crippen LogP contribution in [0, 0.1) is 0 Å². The van der Waals surface area contributed by atoms with E-state index < -0.39 is 12.0 Å². The van der Waals surface area contributed by atoms with Crippen molar-refractivity contribution in [2.24, 2.45) is 5.73 Å². The largest absolute Gasteiger partial charge is 0.385 e. The molecule has 0 fully saturated rings. The zero-order valence-electron chi connectivity index (χ0n) is 6.29. The summed E-state index contributed by atoms with van der Waals surface area (Å²) in [5.41, 5.74) is 4.97. The van der Waals surface area contributed by atoms with Gasteiger partial charge in [0.2, 0.25) is 5.91 Å². The van der Waals surface area contributed by atoms with Crippen molar-refractivity contribution >= 4 is 5.91 Å². The van der Waals surface area contributed by atoms with E-state index >= 15 is 0 Å². The lowest BCUT2D eigenvalue weighted by Crippen LogP contribution is -2.31. The Labute approximate surface area is 60.3 Å². The van der Waals surface area contributed by atoms with Gasteiger partial charge < -0.3 is 15.2 Å². The van der Waals surface area contributed by atoms with E-state index in [0.717, 1.165) is 0 Å². The molecule has 0 saturated carbocycles. The molecule has 60 valence electrons. The van der Waals surface area contributed by atoms with E-state index in [-0.39, 0.29) is 0 Å². The van der Waals surface area contributed by atoms with E-state index in [2.05, 4.69) is 0 Å². The minimum Gasteiger partial charge on any atom is -0.385 e. The molecule has 0 aromatic carbocycles. The first-order valence-electron chi connectivity index (χ1n) is 3.03. The standard InChI is InChI=1S/C6H13NO3/c1-9-4-3-5(10-2)6(7)8/h5H,3-4H2,1-2H3,(H2,7,8)/t5-/m0/s1. The number of primary amides is 1. The summed E-state index contributed by atoms with van der Waals surface area (Å²) in [4.78, 5) is 10.5. The summed E-state index contributed by atoms with van der Waals surface area (Å²) in [5, 5.41) is 0. The molecule has 0 rings (SSSR count). The van der Waals surface area contributed by atoms with Gasteiger partial charge in [0.25, 0.3) is 0 Å². The minimum absolute atomic E-state index is 0.445. The molecule has 2 N–H and O–H groups in total. The van der Waals surface area contributed by atoms with Crippen LogP contribution >= 0.6 is 0 Å². The topological polar surface area (TPSA) is 61.6 Å². The lowest BCUT2D eigenvalue weighted by atomic mass is 10.2. The molecule has 0 aromatic rings. The van der Waals surface area contributed by atoms with Crippen LogP contribution in [0.25, 0.3) is 0 Å². The van der Waals surface area contributed by atoms with E-state index in [9.17, 15) is 4.79 Å². The van der Waals surface area contributed by atoms with Gasteiger partial charge in [0, 0.05) is 27.2 Å². The predicted molar refractivity (Wildman–Crippen MR) is 36.5 cm³/mol. The third-order valence-corrected chi connectivity index (χ3v) is 1.19. The first-order valence-corrected chi connectivity index (χ1v) is 3.03. The third kappa shape index (κ3) is 3.42. The monoisotopic (exact) mass is 147 g/mol. The van der Waals surface area contributed by atoms with Crippen molar-refractivity contribution in [2.45, 2.75) is 12.5 Å². The van der Waals surface area contributed by atoms with Crippen molar-refractivity contribution in [3.8, 4) is 0 Å². The second-order valence-corrected chi connectivity index (χ2v) is 1.91. The number of amides is 1. The van der Waals surface area contributed by atoms with E-state index in [4.69, 9.17) is 15.2 Å². The summed E-state index contributed by atoms with van der Waals surface area (Å²) in [6, 6.07) is 0. The van der Waals surface area contributed by atoms with Crippen molar-refractivity contribution in [1.82, 2.24) is 0 Å². The Morgan fingerprint density at radius 3 is 2.50 bits per heavy atom. The number of rotatable bonds is 5. The molecule has 0 aliphatic rings. The van der Waals surface area contributed by atoms with Gasteiger partial charge in [0.15, 0.2) is 0 Å². The number of hydrogen-bond donors (Lipinski definition) is 1. The number of ether oxygens (including phenoxy) is 2. The second kappa shape index (κ2) is 5.20. The van der Waals surface area contributed by atoms with Crippen LogP contribution < -0.4 is 5.73 Å². The molecule has 4 heteroatoms. The lowest BCUT2D eigenvalue weighted by Gasteiger charge is -2.09. The molecule has 0 saturated heterocycles. The molecule has 10 heavy (non-hydrogen) atoms. The Kier molecular flexibility index (Phi) is 4.88. The highest BCUT2D eigenvalue weighted by Crippen LogP contribution is 1.94. The van der Waals surface area contributed by atoms with Crippen molar-refractivity contribution < 1.29 is 14.3 Å². The fraction of sp³-hybridized carbons (Fsp3) is 0.833. The van der Waals surface area contributed by atoms with Crippen molar-refractivity contribution in [3.05, 3.63) is 0 Å². The first kappa shape index (κ1) is 9.39. The Bertz CT molecular complexity index is 105. The lowest BCUT2D eigenvalue weighted by molar-refractivity contribution is -0.128. The van der Waals surface area contributed by atoms with E-state index in [1.54, 1.807) is 7.11 Å². The molecule has 0 aliphatic carbocycles. The van der Waals surface area contributed by atoms with Crippen molar-refractivity contribution in [3.63, 3.8) is 0 Å². The maximum atomic E-state index is 10.5. The molecular formula is C6H13NO3. The molecule has 1 amide bonds. The quantitative estimate of drug-likeness (QED) is 0.571. The minimum atomic E-state index is -0.514. The van der Waals surface area contributed by atoms with E-state index in [1.807, 2.05) is 0 Å². The van der Waals surface area contributed by atoms with Gasteiger partial charge in [-0.15, -0.1) is 0 Å². The van der Waals surface area contributed by atoms with Crippen molar-refractivity contribution in [2.75, 3.05) is 20.8 Å². The van der Waals surface area contributed by atoms with Crippen LogP contribution in [-0.2, 0) is 14.3 Å². The normalized spacial score (nSPS) is 13.0. The molecule has 4 nitrogen and oxygen atoms in total. The number of carbonyl (C=O) groups is 1. The Balaban J connectivity index is 3.50. The van der Waals surface area contributed by atoms with Gasteiger partial charge >= 0.3 is 0 Å². The van der Waals surface area contributed by atoms with Gasteiger partial charge in [-0.05, 0) is 0 Å². The second-order valence-electron chi connectivity index (χ2n) is 1.91. The molecule has 0 radical (unpaired) electrons. The van der Waals surface area contributed by atoms with Gasteiger partial charge in [-0.25, -0.2) is 0 Å². The summed E-state index contributed by atoms with van der Waals surface area (Å²) in [6.07, 6.45) is 0.00227. The fourth-order valence-corrected chi connectivity index (χ4v) is 0.601. The Morgan fingerprint density at radius 2 is 2.20 bits per heavy atom.